The van der Waals surface area contributed by atoms with E-state index in [0.29, 0.717) is 30.4 Å². The molecule has 0 aliphatic carbocycles. The average molecular weight is 443 g/mol. The normalized spacial score (nSPS) is 14.4. The van der Waals surface area contributed by atoms with Crippen molar-refractivity contribution in [2.24, 2.45) is 0 Å². The van der Waals surface area contributed by atoms with E-state index < -0.39 is 5.60 Å². The molecule has 3 heteroatoms. The molecule has 0 spiro atoms. The predicted octanol–water partition coefficient (Wildman–Crippen LogP) is 7.91. The number of aliphatic hydroxyl groups is 1. The summed E-state index contributed by atoms with van der Waals surface area (Å²) in [6.45, 7) is 16.2. The smallest absolute Gasteiger partial charge is 0.160 e. The third kappa shape index (κ3) is 9.24. The number of hydrogen-bond donors (Lipinski definition) is 3. The van der Waals surface area contributed by atoms with Crippen LogP contribution in [0.2, 0.25) is 0 Å². The number of benzene rings is 1. The van der Waals surface area contributed by atoms with Gasteiger partial charge in [0.15, 0.2) is 11.5 Å². The van der Waals surface area contributed by atoms with Crippen LogP contribution in [-0.2, 0) is 6.42 Å². The summed E-state index contributed by atoms with van der Waals surface area (Å²) in [5.41, 5.74) is 6.89. The van der Waals surface area contributed by atoms with Gasteiger partial charge < -0.3 is 15.3 Å². The minimum absolute atomic E-state index is 0.0333. The molecule has 3 nitrogen and oxygen atoms in total. The summed E-state index contributed by atoms with van der Waals surface area (Å²) in [7, 11) is 0. The summed E-state index contributed by atoms with van der Waals surface area (Å²) < 4.78 is 0. The lowest BCUT2D eigenvalue weighted by atomic mass is 9.87. The van der Waals surface area contributed by atoms with Crippen LogP contribution in [0.15, 0.2) is 34.9 Å². The lowest BCUT2D eigenvalue weighted by Crippen LogP contribution is -2.25. The molecule has 1 unspecified atom stereocenters. The summed E-state index contributed by atoms with van der Waals surface area (Å²) in [6, 6.07) is 0. The Morgan fingerprint density at radius 3 is 1.78 bits per heavy atom. The predicted molar refractivity (Wildman–Crippen MR) is 138 cm³/mol. The van der Waals surface area contributed by atoms with E-state index in [1.807, 2.05) is 27.7 Å². The van der Waals surface area contributed by atoms with Gasteiger partial charge in [0.2, 0.25) is 0 Å². The van der Waals surface area contributed by atoms with Crippen molar-refractivity contribution in [2.75, 3.05) is 0 Å². The highest BCUT2D eigenvalue weighted by molar-refractivity contribution is 5.57. The molecule has 0 aromatic heterocycles. The van der Waals surface area contributed by atoms with E-state index in [1.54, 1.807) is 0 Å². The zero-order valence-electron chi connectivity index (χ0n) is 21.7. The van der Waals surface area contributed by atoms with Gasteiger partial charge in [0.1, 0.15) is 0 Å². The van der Waals surface area contributed by atoms with E-state index in [9.17, 15) is 15.3 Å². The van der Waals surface area contributed by atoms with Gasteiger partial charge in [-0.15, -0.1) is 0 Å². The Labute approximate surface area is 196 Å². The number of aromatic hydroxyl groups is 2. The van der Waals surface area contributed by atoms with Gasteiger partial charge in [-0.25, -0.2) is 0 Å². The minimum atomic E-state index is -0.765. The summed E-state index contributed by atoms with van der Waals surface area (Å²) in [4.78, 5) is 0. The molecule has 180 valence electrons. The maximum absolute atomic E-state index is 10.9. The summed E-state index contributed by atoms with van der Waals surface area (Å²) in [5.74, 6) is -0.0726. The van der Waals surface area contributed by atoms with Crippen LogP contribution in [0.4, 0.5) is 0 Å². The largest absolute Gasteiger partial charge is 0.504 e. The highest BCUT2D eigenvalue weighted by Crippen LogP contribution is 2.38. The molecule has 0 amide bonds. The van der Waals surface area contributed by atoms with Crippen molar-refractivity contribution in [1.82, 2.24) is 0 Å². The third-order valence-electron chi connectivity index (χ3n) is 6.61. The molecule has 0 heterocycles. The first-order valence-corrected chi connectivity index (χ1v) is 12.0. The van der Waals surface area contributed by atoms with Gasteiger partial charge in [-0.1, -0.05) is 34.9 Å². The summed E-state index contributed by atoms with van der Waals surface area (Å²) in [6.07, 6.45) is 14.2. The second kappa shape index (κ2) is 12.9. The molecule has 0 saturated carbocycles. The fourth-order valence-corrected chi connectivity index (χ4v) is 4.05. The van der Waals surface area contributed by atoms with Crippen molar-refractivity contribution < 1.29 is 15.3 Å². The van der Waals surface area contributed by atoms with Gasteiger partial charge in [-0.2, -0.15) is 0 Å². The van der Waals surface area contributed by atoms with E-state index in [-0.39, 0.29) is 11.5 Å². The van der Waals surface area contributed by atoms with Crippen LogP contribution in [-0.4, -0.2) is 20.9 Å². The van der Waals surface area contributed by atoms with E-state index in [2.05, 4.69) is 45.9 Å². The Bertz CT molecular complexity index is 821. The Hall–Kier alpha value is -2.00. The van der Waals surface area contributed by atoms with Crippen molar-refractivity contribution in [2.45, 2.75) is 112 Å². The van der Waals surface area contributed by atoms with Gasteiger partial charge in [0.25, 0.3) is 0 Å². The van der Waals surface area contributed by atoms with Crippen LogP contribution in [0.1, 0.15) is 102 Å². The Morgan fingerprint density at radius 2 is 1.22 bits per heavy atom. The van der Waals surface area contributed by atoms with Crippen molar-refractivity contribution >= 4 is 0 Å². The fourth-order valence-electron chi connectivity index (χ4n) is 4.05. The third-order valence-corrected chi connectivity index (χ3v) is 6.61. The van der Waals surface area contributed by atoms with Gasteiger partial charge in [0.05, 0.1) is 5.60 Å². The first kappa shape index (κ1) is 28.0. The first-order chi connectivity index (χ1) is 14.9. The molecule has 0 aliphatic heterocycles. The van der Waals surface area contributed by atoms with E-state index in [4.69, 9.17) is 0 Å². The molecule has 32 heavy (non-hydrogen) atoms. The molecule has 0 aliphatic rings. The van der Waals surface area contributed by atoms with Gasteiger partial charge in [-0.3, -0.25) is 0 Å². The van der Waals surface area contributed by atoms with Crippen LogP contribution < -0.4 is 0 Å². The molecule has 0 radical (unpaired) electrons. The van der Waals surface area contributed by atoms with E-state index in [1.165, 1.54) is 16.7 Å². The molecule has 1 aromatic carbocycles. The monoisotopic (exact) mass is 442 g/mol. The zero-order valence-corrected chi connectivity index (χ0v) is 21.7. The van der Waals surface area contributed by atoms with Crippen molar-refractivity contribution in [1.29, 1.82) is 0 Å². The molecule has 3 N–H and O–H groups in total. The Balaban J connectivity index is 2.53. The Kier molecular flexibility index (Phi) is 11.3. The SMILES string of the molecule is CC(C)=CCC/C(C)=C/CC/C(C)=C/CCC(C)(O)CCc1c(C)c(C)c(O)c(O)c1C. The van der Waals surface area contributed by atoms with E-state index in [0.717, 1.165) is 43.2 Å². The van der Waals surface area contributed by atoms with Crippen LogP contribution >= 0.6 is 0 Å². The molecular weight excluding hydrogens is 396 g/mol. The molecule has 1 aromatic rings. The fraction of sp³-hybridized carbons (Fsp3) is 0.586. The highest BCUT2D eigenvalue weighted by Gasteiger charge is 2.22. The van der Waals surface area contributed by atoms with Crippen molar-refractivity contribution in [3.05, 3.63) is 57.2 Å². The number of allylic oxidation sites excluding steroid dienone is 6. The maximum Gasteiger partial charge on any atom is 0.160 e. The molecule has 1 atom stereocenters. The lowest BCUT2D eigenvalue weighted by molar-refractivity contribution is 0.0431. The average Bonchev–Trinajstić information content (AvgIpc) is 2.70. The molecule has 0 fully saturated rings. The number of phenols is 2. The number of hydrogen-bond acceptors (Lipinski definition) is 3. The number of rotatable bonds is 12. The quantitative estimate of drug-likeness (QED) is 0.228. The van der Waals surface area contributed by atoms with Crippen LogP contribution in [0.5, 0.6) is 11.5 Å². The minimum Gasteiger partial charge on any atom is -0.504 e. The summed E-state index contributed by atoms with van der Waals surface area (Å²) >= 11 is 0. The molecule has 1 rings (SSSR count). The standard InChI is InChI=1S/C29H46O3/c1-20(2)12-9-13-21(3)14-10-15-22(4)16-11-18-29(8,32)19-17-26-23(5)24(6)27(30)28(31)25(26)7/h12,14,16,30-32H,9-11,13,15,17-19H2,1-8H3/b21-14+,22-16+. The van der Waals surface area contributed by atoms with Gasteiger partial charge in [-0.05, 0) is 129 Å². The van der Waals surface area contributed by atoms with Crippen molar-refractivity contribution in [3.8, 4) is 11.5 Å². The highest BCUT2D eigenvalue weighted by atomic mass is 16.3. The topological polar surface area (TPSA) is 60.7 Å². The van der Waals surface area contributed by atoms with E-state index >= 15 is 0 Å². The van der Waals surface area contributed by atoms with Crippen LogP contribution in [0.25, 0.3) is 0 Å². The zero-order chi connectivity index (χ0) is 24.5. The van der Waals surface area contributed by atoms with Crippen LogP contribution in [0, 0.1) is 20.8 Å². The summed E-state index contributed by atoms with van der Waals surface area (Å²) in [5, 5.41) is 31.1. The second-order valence-corrected chi connectivity index (χ2v) is 10.0. The first-order valence-electron chi connectivity index (χ1n) is 12.0. The van der Waals surface area contributed by atoms with Gasteiger partial charge >= 0.3 is 0 Å². The van der Waals surface area contributed by atoms with Gasteiger partial charge in [0, 0.05) is 0 Å². The second-order valence-electron chi connectivity index (χ2n) is 10.0. The molecular formula is C29H46O3. The van der Waals surface area contributed by atoms with Crippen LogP contribution in [0.3, 0.4) is 0 Å². The lowest BCUT2D eigenvalue weighted by Gasteiger charge is -2.24. The maximum atomic E-state index is 10.9. The molecule has 0 bridgehead atoms. The Morgan fingerprint density at radius 1 is 0.719 bits per heavy atom. The molecule has 0 saturated heterocycles. The number of phenolic OH excluding ortho intramolecular Hbond substituents is 2. The van der Waals surface area contributed by atoms with Crippen molar-refractivity contribution in [3.63, 3.8) is 0 Å².